The largest absolute Gasteiger partial charge is 0.444 e. The lowest BCUT2D eigenvalue weighted by molar-refractivity contribution is 0.0197. The Morgan fingerprint density at radius 1 is 1.31 bits per heavy atom. The van der Waals surface area contributed by atoms with Crippen molar-refractivity contribution in [1.82, 2.24) is 19.4 Å². The molecule has 1 aliphatic rings. The second kappa shape index (κ2) is 7.48. The molecular weight excluding hydrogens is 328 g/mol. The molecule has 0 radical (unpaired) electrons. The standard InChI is InChI=1S/C20H28N4O2/c1-5-18-22-10-12-24(18)16-8-9-21-17(13-16)15-7-6-11-23(14-15)19(25)26-20(2,3)4/h8-10,12-13,15H,5-7,11,14H2,1-4H3. The summed E-state index contributed by atoms with van der Waals surface area (Å²) < 4.78 is 7.63. The molecule has 0 aliphatic carbocycles. The Morgan fingerprint density at radius 2 is 2.12 bits per heavy atom. The van der Waals surface area contributed by atoms with Gasteiger partial charge in [0.2, 0.25) is 0 Å². The Bertz CT molecular complexity index is 763. The van der Waals surface area contributed by atoms with Crippen molar-refractivity contribution in [2.75, 3.05) is 13.1 Å². The van der Waals surface area contributed by atoms with Crippen molar-refractivity contribution in [1.29, 1.82) is 0 Å². The molecule has 1 unspecified atom stereocenters. The fraction of sp³-hybridized carbons (Fsp3) is 0.550. The number of rotatable bonds is 3. The molecule has 0 bridgehead atoms. The molecule has 0 saturated carbocycles. The third-order valence-corrected chi connectivity index (χ3v) is 4.57. The molecule has 0 aromatic carbocycles. The summed E-state index contributed by atoms with van der Waals surface area (Å²) in [6.45, 7) is 9.18. The number of aromatic nitrogens is 3. The normalized spacial score (nSPS) is 18.0. The molecule has 1 saturated heterocycles. The van der Waals surface area contributed by atoms with E-state index in [0.29, 0.717) is 6.54 Å². The van der Waals surface area contributed by atoms with Crippen LogP contribution in [-0.2, 0) is 11.2 Å². The van der Waals surface area contributed by atoms with Gasteiger partial charge in [0, 0.05) is 49.7 Å². The monoisotopic (exact) mass is 356 g/mol. The molecule has 2 aromatic rings. The first kappa shape index (κ1) is 18.4. The number of ether oxygens (including phenoxy) is 1. The molecule has 26 heavy (non-hydrogen) atoms. The van der Waals surface area contributed by atoms with Crippen molar-refractivity contribution in [3.8, 4) is 5.69 Å². The quantitative estimate of drug-likeness (QED) is 0.836. The topological polar surface area (TPSA) is 60.2 Å². The Kier molecular flexibility index (Phi) is 5.30. The number of amides is 1. The minimum absolute atomic E-state index is 0.227. The van der Waals surface area contributed by atoms with Crippen molar-refractivity contribution in [3.63, 3.8) is 0 Å². The summed E-state index contributed by atoms with van der Waals surface area (Å²) in [6, 6.07) is 4.11. The van der Waals surface area contributed by atoms with Gasteiger partial charge in [0.05, 0.1) is 5.69 Å². The lowest BCUT2D eigenvalue weighted by Crippen LogP contribution is -2.42. The fourth-order valence-corrected chi connectivity index (χ4v) is 3.35. The van der Waals surface area contributed by atoms with Crippen molar-refractivity contribution in [3.05, 3.63) is 42.2 Å². The average molecular weight is 356 g/mol. The zero-order valence-corrected chi connectivity index (χ0v) is 16.1. The number of pyridine rings is 1. The minimum atomic E-state index is -0.472. The van der Waals surface area contributed by atoms with Gasteiger partial charge in [0.15, 0.2) is 0 Å². The van der Waals surface area contributed by atoms with Gasteiger partial charge in [-0.15, -0.1) is 0 Å². The lowest BCUT2D eigenvalue weighted by atomic mass is 9.94. The predicted octanol–water partition coefficient (Wildman–Crippen LogP) is 3.94. The van der Waals surface area contributed by atoms with Crippen molar-refractivity contribution in [2.45, 2.75) is 58.5 Å². The van der Waals surface area contributed by atoms with Crippen LogP contribution >= 0.6 is 0 Å². The number of carbonyl (C=O) groups is 1. The van der Waals surface area contributed by atoms with Crippen LogP contribution in [-0.4, -0.2) is 44.2 Å². The van der Waals surface area contributed by atoms with E-state index in [4.69, 9.17) is 4.74 Å². The van der Waals surface area contributed by atoms with E-state index in [2.05, 4.69) is 27.5 Å². The lowest BCUT2D eigenvalue weighted by Gasteiger charge is -2.34. The summed E-state index contributed by atoms with van der Waals surface area (Å²) in [6.07, 6.45) is 8.27. The van der Waals surface area contributed by atoms with E-state index in [9.17, 15) is 4.79 Å². The SMILES string of the molecule is CCc1nccn1-c1ccnc(C2CCCN(C(=O)OC(C)(C)C)C2)c1. The number of hydrogen-bond acceptors (Lipinski definition) is 4. The molecule has 0 spiro atoms. The highest BCUT2D eigenvalue weighted by atomic mass is 16.6. The predicted molar refractivity (Wildman–Crippen MR) is 101 cm³/mol. The molecule has 6 nitrogen and oxygen atoms in total. The molecule has 2 aromatic heterocycles. The summed E-state index contributed by atoms with van der Waals surface area (Å²) in [5.41, 5.74) is 1.62. The summed E-state index contributed by atoms with van der Waals surface area (Å²) in [5.74, 6) is 1.26. The Labute approximate surface area is 155 Å². The molecule has 1 atom stereocenters. The van der Waals surface area contributed by atoms with Gasteiger partial charge < -0.3 is 14.2 Å². The summed E-state index contributed by atoms with van der Waals surface area (Å²) in [7, 11) is 0. The maximum absolute atomic E-state index is 12.4. The smallest absolute Gasteiger partial charge is 0.410 e. The van der Waals surface area contributed by atoms with Crippen LogP contribution in [0.4, 0.5) is 4.79 Å². The van der Waals surface area contributed by atoms with Crippen LogP contribution in [0.1, 0.15) is 58.0 Å². The second-order valence-corrected chi connectivity index (χ2v) is 7.77. The highest BCUT2D eigenvalue weighted by molar-refractivity contribution is 5.68. The summed E-state index contributed by atoms with van der Waals surface area (Å²) >= 11 is 0. The zero-order chi connectivity index (χ0) is 18.7. The highest BCUT2D eigenvalue weighted by Gasteiger charge is 2.29. The van der Waals surface area contributed by atoms with E-state index in [1.807, 2.05) is 50.3 Å². The summed E-state index contributed by atoms with van der Waals surface area (Å²) in [5, 5.41) is 0. The van der Waals surface area contributed by atoms with E-state index < -0.39 is 5.60 Å². The van der Waals surface area contributed by atoms with Crippen LogP contribution < -0.4 is 0 Å². The van der Waals surface area contributed by atoms with Gasteiger partial charge in [0.25, 0.3) is 0 Å². The van der Waals surface area contributed by atoms with Crippen LogP contribution in [0.15, 0.2) is 30.7 Å². The minimum Gasteiger partial charge on any atom is -0.444 e. The van der Waals surface area contributed by atoms with Crippen LogP contribution in [0.3, 0.4) is 0 Å². The maximum atomic E-state index is 12.4. The number of likely N-dealkylation sites (tertiary alicyclic amines) is 1. The Morgan fingerprint density at radius 3 is 2.85 bits per heavy atom. The van der Waals surface area contributed by atoms with Gasteiger partial charge in [-0.1, -0.05) is 6.92 Å². The molecular formula is C20H28N4O2. The maximum Gasteiger partial charge on any atom is 0.410 e. The van der Waals surface area contributed by atoms with Crippen LogP contribution in [0, 0.1) is 0 Å². The number of carbonyl (C=O) groups excluding carboxylic acids is 1. The molecule has 3 heterocycles. The van der Waals surface area contributed by atoms with E-state index in [0.717, 1.165) is 43.0 Å². The first-order valence-corrected chi connectivity index (χ1v) is 9.34. The van der Waals surface area contributed by atoms with Crippen molar-refractivity contribution in [2.24, 2.45) is 0 Å². The third kappa shape index (κ3) is 4.23. The van der Waals surface area contributed by atoms with Crippen molar-refractivity contribution < 1.29 is 9.53 Å². The van der Waals surface area contributed by atoms with Gasteiger partial charge in [0.1, 0.15) is 11.4 Å². The molecule has 1 fully saturated rings. The van der Waals surface area contributed by atoms with E-state index in [1.54, 1.807) is 0 Å². The Balaban J connectivity index is 1.77. The van der Waals surface area contributed by atoms with Gasteiger partial charge in [-0.05, 0) is 45.7 Å². The first-order chi connectivity index (χ1) is 12.4. The van der Waals surface area contributed by atoms with Gasteiger partial charge >= 0.3 is 6.09 Å². The number of piperidine rings is 1. The number of imidazole rings is 1. The number of aryl methyl sites for hydroxylation is 1. The number of hydrogen-bond donors (Lipinski definition) is 0. The molecule has 3 rings (SSSR count). The highest BCUT2D eigenvalue weighted by Crippen LogP contribution is 2.28. The molecule has 140 valence electrons. The molecule has 1 amide bonds. The van der Waals surface area contributed by atoms with Gasteiger partial charge in [-0.25, -0.2) is 9.78 Å². The van der Waals surface area contributed by atoms with Crippen LogP contribution in [0.2, 0.25) is 0 Å². The zero-order valence-electron chi connectivity index (χ0n) is 16.1. The van der Waals surface area contributed by atoms with Crippen LogP contribution in [0.5, 0.6) is 0 Å². The van der Waals surface area contributed by atoms with Gasteiger partial charge in [-0.2, -0.15) is 0 Å². The van der Waals surface area contributed by atoms with Gasteiger partial charge in [-0.3, -0.25) is 4.98 Å². The van der Waals surface area contributed by atoms with E-state index >= 15 is 0 Å². The van der Waals surface area contributed by atoms with E-state index in [1.165, 1.54) is 0 Å². The van der Waals surface area contributed by atoms with Crippen LogP contribution in [0.25, 0.3) is 5.69 Å². The summed E-state index contributed by atoms with van der Waals surface area (Å²) in [4.78, 5) is 23.2. The van der Waals surface area contributed by atoms with E-state index in [-0.39, 0.29) is 12.0 Å². The Hall–Kier alpha value is -2.37. The first-order valence-electron chi connectivity index (χ1n) is 9.34. The third-order valence-electron chi connectivity index (χ3n) is 4.57. The average Bonchev–Trinajstić information content (AvgIpc) is 3.09. The fourth-order valence-electron chi connectivity index (χ4n) is 3.35. The molecule has 1 aliphatic heterocycles. The number of nitrogens with zero attached hydrogens (tertiary/aromatic N) is 4. The van der Waals surface area contributed by atoms with Crippen molar-refractivity contribution >= 4 is 6.09 Å². The molecule has 0 N–H and O–H groups in total. The molecule has 6 heteroatoms. The second-order valence-electron chi connectivity index (χ2n) is 7.77.